The zero-order chi connectivity index (χ0) is 22.3. The Bertz CT molecular complexity index is 714. The molecule has 2 rings (SSSR count). The number of carbonyl (C=O) groups excluding carboxylic acids is 2. The van der Waals surface area contributed by atoms with E-state index in [2.05, 4.69) is 0 Å². The maximum Gasteiger partial charge on any atom is 0.410 e. The van der Waals surface area contributed by atoms with E-state index in [-0.39, 0.29) is 17.9 Å². The van der Waals surface area contributed by atoms with Crippen LogP contribution in [0.4, 0.5) is 4.79 Å². The van der Waals surface area contributed by atoms with Gasteiger partial charge >= 0.3 is 12.1 Å². The smallest absolute Gasteiger partial charge is 0.410 e. The Hall–Kier alpha value is -2.28. The number of likely N-dealkylation sites (tertiary alicyclic amines) is 1. The molecule has 1 aliphatic rings. The molecular weight excluding hydrogens is 386 g/mol. The van der Waals surface area contributed by atoms with E-state index in [0.717, 1.165) is 11.3 Å². The van der Waals surface area contributed by atoms with Crippen LogP contribution in [-0.4, -0.2) is 62.1 Å². The summed E-state index contributed by atoms with van der Waals surface area (Å²) >= 11 is 0. The van der Waals surface area contributed by atoms with Gasteiger partial charge in [0.25, 0.3) is 0 Å². The molecule has 0 N–H and O–H groups in total. The monoisotopic (exact) mass is 421 g/mol. The number of piperidine rings is 1. The molecular formula is C23H35NO6. The second kappa shape index (κ2) is 10.7. The Morgan fingerprint density at radius 1 is 1.20 bits per heavy atom. The molecule has 1 amide bonds. The first-order chi connectivity index (χ1) is 14.2. The van der Waals surface area contributed by atoms with E-state index >= 15 is 0 Å². The van der Waals surface area contributed by atoms with Gasteiger partial charge in [0.05, 0.1) is 19.1 Å². The van der Waals surface area contributed by atoms with Crippen molar-refractivity contribution >= 4 is 12.1 Å². The van der Waals surface area contributed by atoms with Crippen LogP contribution in [0.2, 0.25) is 0 Å². The molecule has 3 atom stereocenters. The molecule has 0 saturated carbocycles. The van der Waals surface area contributed by atoms with Gasteiger partial charge in [-0.15, -0.1) is 0 Å². The third kappa shape index (κ3) is 6.36. The van der Waals surface area contributed by atoms with Crippen molar-refractivity contribution in [1.29, 1.82) is 0 Å². The van der Waals surface area contributed by atoms with Crippen LogP contribution in [0.3, 0.4) is 0 Å². The van der Waals surface area contributed by atoms with E-state index in [1.165, 1.54) is 0 Å². The lowest BCUT2D eigenvalue weighted by molar-refractivity contribution is -0.152. The molecule has 0 radical (unpaired) electrons. The Labute approximate surface area is 179 Å². The maximum atomic E-state index is 12.9. The minimum absolute atomic E-state index is 0.0799. The van der Waals surface area contributed by atoms with Gasteiger partial charge < -0.3 is 23.8 Å². The first kappa shape index (κ1) is 24.0. The molecule has 0 aromatic heterocycles. The number of ether oxygens (including phenoxy) is 4. The average Bonchev–Trinajstić information content (AvgIpc) is 2.66. The fourth-order valence-electron chi connectivity index (χ4n) is 3.82. The number of hydrogen-bond acceptors (Lipinski definition) is 6. The lowest BCUT2D eigenvalue weighted by Gasteiger charge is -2.43. The maximum absolute atomic E-state index is 12.9. The van der Waals surface area contributed by atoms with Crippen LogP contribution in [0.25, 0.3) is 0 Å². The van der Waals surface area contributed by atoms with Crippen LogP contribution in [-0.2, 0) is 19.0 Å². The lowest BCUT2D eigenvalue weighted by atomic mass is 9.76. The summed E-state index contributed by atoms with van der Waals surface area (Å²) in [4.78, 5) is 27.2. The lowest BCUT2D eigenvalue weighted by Crippen LogP contribution is -2.53. The number of hydrogen-bond donors (Lipinski definition) is 0. The highest BCUT2D eigenvalue weighted by atomic mass is 16.6. The Kier molecular flexibility index (Phi) is 8.53. The summed E-state index contributed by atoms with van der Waals surface area (Å²) in [6, 6.07) is 7.41. The fraction of sp³-hybridized carbons (Fsp3) is 0.652. The number of esters is 1. The van der Waals surface area contributed by atoms with E-state index in [1.54, 1.807) is 18.9 Å². The average molecular weight is 422 g/mol. The molecule has 7 heteroatoms. The Morgan fingerprint density at radius 2 is 1.93 bits per heavy atom. The summed E-state index contributed by atoms with van der Waals surface area (Å²) in [5.41, 5.74) is 0.402. The standard InChI is InChI=1S/C23H35NO6/c1-7-28-21(25)20-16(2)24(22(26)30-23(3,4)5)12-11-19(20)17-9-8-10-18(15-17)29-14-13-27-6/h8-10,15-16,19-20H,7,11-14H2,1-6H3/t16-,19+,20-/m0/s1. The fourth-order valence-corrected chi connectivity index (χ4v) is 3.82. The van der Waals surface area contributed by atoms with E-state index in [0.29, 0.717) is 32.8 Å². The molecule has 0 bridgehead atoms. The minimum atomic E-state index is -0.596. The molecule has 0 aliphatic carbocycles. The van der Waals surface area contributed by atoms with Gasteiger partial charge in [0.1, 0.15) is 18.0 Å². The van der Waals surface area contributed by atoms with E-state index in [1.807, 2.05) is 52.0 Å². The molecule has 1 aliphatic heterocycles. The number of carbonyl (C=O) groups is 2. The largest absolute Gasteiger partial charge is 0.491 e. The van der Waals surface area contributed by atoms with Gasteiger partial charge in [-0.2, -0.15) is 0 Å². The molecule has 1 fully saturated rings. The van der Waals surface area contributed by atoms with Gasteiger partial charge in [-0.1, -0.05) is 12.1 Å². The van der Waals surface area contributed by atoms with Crippen LogP contribution in [0.1, 0.15) is 52.5 Å². The summed E-state index contributed by atoms with van der Waals surface area (Å²) in [6.45, 7) is 10.9. The van der Waals surface area contributed by atoms with Crippen molar-refractivity contribution in [3.8, 4) is 5.75 Å². The quantitative estimate of drug-likeness (QED) is 0.489. The summed E-state index contributed by atoms with van der Waals surface area (Å²) in [7, 11) is 1.63. The van der Waals surface area contributed by atoms with Gasteiger partial charge in [0.15, 0.2) is 0 Å². The molecule has 1 heterocycles. The van der Waals surface area contributed by atoms with Crippen molar-refractivity contribution in [1.82, 2.24) is 4.90 Å². The van der Waals surface area contributed by atoms with Crippen LogP contribution < -0.4 is 4.74 Å². The number of amides is 1. The van der Waals surface area contributed by atoms with Crippen LogP contribution >= 0.6 is 0 Å². The van der Waals surface area contributed by atoms with Crippen LogP contribution in [0.15, 0.2) is 24.3 Å². The van der Waals surface area contributed by atoms with Gasteiger partial charge in [-0.25, -0.2) is 4.79 Å². The number of methoxy groups -OCH3 is 1. The van der Waals surface area contributed by atoms with Gasteiger partial charge in [0.2, 0.25) is 0 Å². The van der Waals surface area contributed by atoms with Crippen molar-refractivity contribution in [3.05, 3.63) is 29.8 Å². The number of nitrogens with zero attached hydrogens (tertiary/aromatic N) is 1. The molecule has 0 unspecified atom stereocenters. The van der Waals surface area contributed by atoms with Crippen molar-refractivity contribution in [2.45, 2.75) is 58.6 Å². The summed E-state index contributed by atoms with van der Waals surface area (Å²) in [5.74, 6) is -0.132. The first-order valence-electron chi connectivity index (χ1n) is 10.6. The molecule has 1 aromatic rings. The Morgan fingerprint density at radius 3 is 2.57 bits per heavy atom. The molecule has 30 heavy (non-hydrogen) atoms. The molecule has 1 saturated heterocycles. The predicted octanol–water partition coefficient (Wildman–Crippen LogP) is 4.00. The predicted molar refractivity (Wildman–Crippen MR) is 114 cm³/mol. The van der Waals surface area contributed by atoms with E-state index in [9.17, 15) is 9.59 Å². The normalized spacial score (nSPS) is 21.8. The van der Waals surface area contributed by atoms with Crippen molar-refractivity contribution in [2.24, 2.45) is 5.92 Å². The topological polar surface area (TPSA) is 74.3 Å². The van der Waals surface area contributed by atoms with Crippen molar-refractivity contribution in [3.63, 3.8) is 0 Å². The molecule has 168 valence electrons. The second-order valence-electron chi connectivity index (χ2n) is 8.50. The highest BCUT2D eigenvalue weighted by Gasteiger charge is 2.44. The molecule has 0 spiro atoms. The summed E-state index contributed by atoms with van der Waals surface area (Å²) in [6.07, 6.45) is 0.230. The zero-order valence-corrected chi connectivity index (χ0v) is 19.0. The second-order valence-corrected chi connectivity index (χ2v) is 8.50. The highest BCUT2D eigenvalue weighted by Crippen LogP contribution is 2.39. The van der Waals surface area contributed by atoms with Gasteiger partial charge in [0, 0.05) is 25.6 Å². The number of benzene rings is 1. The van der Waals surface area contributed by atoms with Crippen molar-refractivity contribution in [2.75, 3.05) is 33.5 Å². The van der Waals surface area contributed by atoms with E-state index in [4.69, 9.17) is 18.9 Å². The SMILES string of the molecule is CCOC(=O)[C@@H]1[C@@H](c2cccc(OCCOC)c2)CCN(C(=O)OC(C)(C)C)[C@H]1C. The van der Waals surface area contributed by atoms with Gasteiger partial charge in [-0.3, -0.25) is 4.79 Å². The van der Waals surface area contributed by atoms with E-state index < -0.39 is 17.6 Å². The molecule has 7 nitrogen and oxygen atoms in total. The van der Waals surface area contributed by atoms with Gasteiger partial charge in [-0.05, 0) is 58.7 Å². The third-order valence-corrected chi connectivity index (χ3v) is 5.16. The summed E-state index contributed by atoms with van der Waals surface area (Å²) < 4.78 is 21.7. The first-order valence-corrected chi connectivity index (χ1v) is 10.6. The van der Waals surface area contributed by atoms with Crippen LogP contribution in [0, 0.1) is 5.92 Å². The number of rotatable bonds is 7. The minimum Gasteiger partial charge on any atom is -0.491 e. The summed E-state index contributed by atoms with van der Waals surface area (Å²) in [5, 5.41) is 0. The highest BCUT2D eigenvalue weighted by molar-refractivity contribution is 5.77. The third-order valence-electron chi connectivity index (χ3n) is 5.16. The zero-order valence-electron chi connectivity index (χ0n) is 19.0. The molecule has 1 aromatic carbocycles. The van der Waals surface area contributed by atoms with Crippen LogP contribution in [0.5, 0.6) is 5.75 Å². The van der Waals surface area contributed by atoms with Crippen molar-refractivity contribution < 1.29 is 28.5 Å². The Balaban J connectivity index is 2.26.